The standard InChI is InChI=1S/C57H38/c1-57(2)51-31-30-39(33-50(51)56-42-16-6-4-14-37(42)29-32-52(56)57)35-23-26-38(27-24-35)53-45-19-9-11-21-47(45)55(48-22-12-10-20-46(48)53)49-34-40-28-25-36-13-3-5-15-41(36)54(40)44-18-8-7-17-43(44)49/h3-34H,1-2H3. The molecule has 0 N–H and O–H groups in total. The second-order valence-corrected chi connectivity index (χ2v) is 16.4. The van der Waals surface area contributed by atoms with E-state index in [1.807, 2.05) is 0 Å². The van der Waals surface area contributed by atoms with Crippen molar-refractivity contribution in [2.24, 2.45) is 0 Å². The van der Waals surface area contributed by atoms with Gasteiger partial charge in [-0.05, 0) is 132 Å². The van der Waals surface area contributed by atoms with Crippen LogP contribution in [0, 0.1) is 0 Å². The molecule has 0 amide bonds. The van der Waals surface area contributed by atoms with Gasteiger partial charge in [0.15, 0.2) is 0 Å². The van der Waals surface area contributed by atoms with Gasteiger partial charge in [0.2, 0.25) is 0 Å². The van der Waals surface area contributed by atoms with Gasteiger partial charge in [-0.2, -0.15) is 0 Å². The first-order valence-electron chi connectivity index (χ1n) is 20.1. The van der Waals surface area contributed by atoms with Gasteiger partial charge in [0.05, 0.1) is 0 Å². The molecule has 0 aliphatic heterocycles. The van der Waals surface area contributed by atoms with E-state index in [1.165, 1.54) is 120 Å². The van der Waals surface area contributed by atoms with Crippen LogP contribution in [0.1, 0.15) is 25.0 Å². The molecule has 266 valence electrons. The lowest BCUT2D eigenvalue weighted by molar-refractivity contribution is 0.661. The van der Waals surface area contributed by atoms with Crippen molar-refractivity contribution in [1.29, 1.82) is 0 Å². The highest BCUT2D eigenvalue weighted by Crippen LogP contribution is 2.52. The van der Waals surface area contributed by atoms with Crippen LogP contribution in [-0.2, 0) is 5.41 Å². The first-order chi connectivity index (χ1) is 28.0. The maximum atomic E-state index is 2.44. The lowest BCUT2D eigenvalue weighted by Gasteiger charge is -2.21. The van der Waals surface area contributed by atoms with Crippen LogP contribution in [0.15, 0.2) is 194 Å². The molecular weight excluding hydrogens is 685 g/mol. The van der Waals surface area contributed by atoms with E-state index >= 15 is 0 Å². The molecule has 0 saturated carbocycles. The Balaban J connectivity index is 1.04. The first kappa shape index (κ1) is 32.2. The largest absolute Gasteiger partial charge is 0.0616 e. The molecule has 0 nitrogen and oxygen atoms in total. The van der Waals surface area contributed by atoms with Crippen molar-refractivity contribution in [2.75, 3.05) is 0 Å². The average molecular weight is 723 g/mol. The summed E-state index contributed by atoms with van der Waals surface area (Å²) in [5.74, 6) is 0. The second-order valence-electron chi connectivity index (χ2n) is 16.4. The fraction of sp³-hybridized carbons (Fsp3) is 0.0526. The van der Waals surface area contributed by atoms with Crippen LogP contribution in [0.3, 0.4) is 0 Å². The van der Waals surface area contributed by atoms with E-state index in [0.29, 0.717) is 0 Å². The Morgan fingerprint density at radius 2 is 0.754 bits per heavy atom. The Morgan fingerprint density at radius 3 is 1.44 bits per heavy atom. The van der Waals surface area contributed by atoms with Crippen LogP contribution in [0.2, 0.25) is 0 Å². The van der Waals surface area contributed by atoms with Gasteiger partial charge in [-0.25, -0.2) is 0 Å². The monoisotopic (exact) mass is 722 g/mol. The number of hydrogen-bond acceptors (Lipinski definition) is 0. The molecule has 57 heavy (non-hydrogen) atoms. The van der Waals surface area contributed by atoms with Gasteiger partial charge < -0.3 is 0 Å². The maximum absolute atomic E-state index is 2.44. The predicted octanol–water partition coefficient (Wildman–Crippen LogP) is 15.9. The first-order valence-corrected chi connectivity index (χ1v) is 20.1. The quantitative estimate of drug-likeness (QED) is 0.126. The van der Waals surface area contributed by atoms with Gasteiger partial charge in [-0.15, -0.1) is 0 Å². The third-order valence-electron chi connectivity index (χ3n) is 13.0. The van der Waals surface area contributed by atoms with E-state index in [-0.39, 0.29) is 5.41 Å². The molecule has 12 rings (SSSR count). The summed E-state index contributed by atoms with van der Waals surface area (Å²) in [7, 11) is 0. The summed E-state index contributed by atoms with van der Waals surface area (Å²) in [6, 6.07) is 72.7. The minimum atomic E-state index is -0.0428. The Hall–Kier alpha value is -7.02. The zero-order valence-electron chi connectivity index (χ0n) is 32.0. The summed E-state index contributed by atoms with van der Waals surface area (Å²) in [5.41, 5.74) is 13.1. The summed E-state index contributed by atoms with van der Waals surface area (Å²) in [6.45, 7) is 4.73. The molecule has 0 atom stereocenters. The summed E-state index contributed by atoms with van der Waals surface area (Å²) >= 11 is 0. The third kappa shape index (κ3) is 4.62. The van der Waals surface area contributed by atoms with Gasteiger partial charge >= 0.3 is 0 Å². The van der Waals surface area contributed by atoms with Crippen LogP contribution < -0.4 is 0 Å². The van der Waals surface area contributed by atoms with Crippen LogP contribution in [0.5, 0.6) is 0 Å². The molecule has 0 heteroatoms. The fourth-order valence-electron chi connectivity index (χ4n) is 10.3. The van der Waals surface area contributed by atoms with E-state index in [9.17, 15) is 0 Å². The Bertz CT molecular complexity index is 3410. The van der Waals surface area contributed by atoms with Crippen LogP contribution in [-0.4, -0.2) is 0 Å². The molecule has 0 saturated heterocycles. The van der Waals surface area contributed by atoms with E-state index in [1.54, 1.807) is 0 Å². The van der Waals surface area contributed by atoms with Crippen molar-refractivity contribution in [3.05, 3.63) is 205 Å². The van der Waals surface area contributed by atoms with Crippen LogP contribution >= 0.6 is 0 Å². The molecule has 0 fully saturated rings. The Morgan fingerprint density at radius 1 is 0.281 bits per heavy atom. The van der Waals surface area contributed by atoms with Gasteiger partial charge in [-0.3, -0.25) is 0 Å². The molecule has 0 bridgehead atoms. The van der Waals surface area contributed by atoms with Gasteiger partial charge in [0, 0.05) is 5.41 Å². The summed E-state index contributed by atoms with van der Waals surface area (Å²) in [6.07, 6.45) is 0. The van der Waals surface area contributed by atoms with Gasteiger partial charge in [0.1, 0.15) is 0 Å². The molecule has 1 aliphatic carbocycles. The number of fused-ring (bicyclic) bond motifs is 12. The number of hydrogen-bond donors (Lipinski definition) is 0. The molecule has 0 aromatic heterocycles. The van der Waals surface area contributed by atoms with E-state index in [2.05, 4.69) is 208 Å². The molecule has 0 heterocycles. The molecule has 1 aliphatic rings. The van der Waals surface area contributed by atoms with E-state index in [4.69, 9.17) is 0 Å². The summed E-state index contributed by atoms with van der Waals surface area (Å²) < 4.78 is 0. The lowest BCUT2D eigenvalue weighted by Crippen LogP contribution is -2.14. The molecule has 11 aromatic rings. The molecule has 0 spiro atoms. The Labute approximate surface area is 332 Å². The molecule has 11 aromatic carbocycles. The molecule has 0 unspecified atom stereocenters. The third-order valence-corrected chi connectivity index (χ3v) is 13.0. The number of benzene rings is 11. The predicted molar refractivity (Wildman–Crippen MR) is 245 cm³/mol. The van der Waals surface area contributed by atoms with Crippen molar-refractivity contribution in [2.45, 2.75) is 19.3 Å². The lowest BCUT2D eigenvalue weighted by atomic mass is 9.81. The maximum Gasteiger partial charge on any atom is 0.0159 e. The van der Waals surface area contributed by atoms with Gasteiger partial charge in [-0.1, -0.05) is 196 Å². The fourth-order valence-corrected chi connectivity index (χ4v) is 10.3. The molecule has 0 radical (unpaired) electrons. The minimum absolute atomic E-state index is 0.0428. The van der Waals surface area contributed by atoms with E-state index in [0.717, 1.165) is 0 Å². The highest BCUT2D eigenvalue weighted by atomic mass is 14.4. The van der Waals surface area contributed by atoms with Crippen molar-refractivity contribution in [1.82, 2.24) is 0 Å². The highest BCUT2D eigenvalue weighted by Gasteiger charge is 2.36. The summed E-state index contributed by atoms with van der Waals surface area (Å²) in [5, 5.41) is 15.4. The normalized spacial score (nSPS) is 13.2. The smallest absolute Gasteiger partial charge is 0.0159 e. The highest BCUT2D eigenvalue weighted by molar-refractivity contribution is 6.28. The zero-order chi connectivity index (χ0) is 37.8. The van der Waals surface area contributed by atoms with Crippen molar-refractivity contribution < 1.29 is 0 Å². The van der Waals surface area contributed by atoms with Crippen LogP contribution in [0.4, 0.5) is 0 Å². The second kappa shape index (κ2) is 12.0. The molecular formula is C57H38. The van der Waals surface area contributed by atoms with E-state index < -0.39 is 0 Å². The van der Waals surface area contributed by atoms with Crippen molar-refractivity contribution in [3.63, 3.8) is 0 Å². The van der Waals surface area contributed by atoms with Crippen LogP contribution in [0.25, 0.3) is 109 Å². The topological polar surface area (TPSA) is 0 Å². The summed E-state index contributed by atoms with van der Waals surface area (Å²) in [4.78, 5) is 0. The minimum Gasteiger partial charge on any atom is -0.0616 e. The zero-order valence-corrected chi connectivity index (χ0v) is 32.0. The van der Waals surface area contributed by atoms with Crippen molar-refractivity contribution in [3.8, 4) is 44.5 Å². The van der Waals surface area contributed by atoms with Crippen molar-refractivity contribution >= 4 is 64.6 Å². The number of rotatable bonds is 3. The SMILES string of the molecule is CC1(C)c2ccc(-c3ccc(-c4c5ccccc5c(-c5cc6ccc7ccccc7c6c6ccccc56)c5ccccc45)cc3)cc2-c2c1ccc1ccccc21. The average Bonchev–Trinajstić information content (AvgIpc) is 3.50. The van der Waals surface area contributed by atoms with Gasteiger partial charge in [0.25, 0.3) is 0 Å². The Kier molecular flexibility index (Phi) is 6.78.